The molecule has 3 heterocycles. The fourth-order valence-corrected chi connectivity index (χ4v) is 4.34. The maximum Gasteiger partial charge on any atom is 0.413 e. The van der Waals surface area contributed by atoms with E-state index in [9.17, 15) is 14.0 Å². The lowest BCUT2D eigenvalue weighted by molar-refractivity contribution is -0.141. The third-order valence-electron chi connectivity index (χ3n) is 6.15. The molecule has 0 radical (unpaired) electrons. The van der Waals surface area contributed by atoms with Crippen molar-refractivity contribution in [2.24, 2.45) is 0 Å². The average molecular weight is 561 g/mol. The number of benzene rings is 2. The molecule has 0 unspecified atom stereocenters. The van der Waals surface area contributed by atoms with E-state index in [0.29, 0.717) is 27.7 Å². The maximum atomic E-state index is 14.1. The minimum absolute atomic E-state index is 0.0695. The van der Waals surface area contributed by atoms with E-state index in [4.69, 9.17) is 14.2 Å². The van der Waals surface area contributed by atoms with Gasteiger partial charge in [-0.15, -0.1) is 0 Å². The van der Waals surface area contributed by atoms with Crippen LogP contribution in [-0.4, -0.2) is 49.3 Å². The largest absolute Gasteiger partial charge is 0.482 e. The molecule has 0 fully saturated rings. The highest BCUT2D eigenvalue weighted by Gasteiger charge is 2.23. The van der Waals surface area contributed by atoms with Gasteiger partial charge in [-0.1, -0.05) is 0 Å². The van der Waals surface area contributed by atoms with Crippen LogP contribution in [0.25, 0.3) is 27.5 Å². The van der Waals surface area contributed by atoms with Gasteiger partial charge in [0.1, 0.15) is 24.1 Å². The fourth-order valence-electron chi connectivity index (χ4n) is 4.34. The third kappa shape index (κ3) is 6.11. The summed E-state index contributed by atoms with van der Waals surface area (Å²) in [6.45, 7) is 7.00. The van der Waals surface area contributed by atoms with E-state index in [0.717, 1.165) is 5.39 Å². The van der Waals surface area contributed by atoms with Crippen LogP contribution in [0.3, 0.4) is 0 Å². The van der Waals surface area contributed by atoms with Gasteiger partial charge < -0.3 is 14.2 Å². The second-order valence-electron chi connectivity index (χ2n) is 10.4. The van der Waals surface area contributed by atoms with Crippen LogP contribution in [0.5, 0.6) is 5.75 Å². The summed E-state index contributed by atoms with van der Waals surface area (Å²) >= 11 is 0. The molecule has 12 heteroatoms. The fraction of sp³-hybridized carbons (Fsp3) is 0.276. The zero-order valence-electron chi connectivity index (χ0n) is 23.2. The second kappa shape index (κ2) is 10.9. The number of nitrogens with zero attached hydrogens (tertiary/aromatic N) is 5. The molecular formula is C29H29FN6O5. The van der Waals surface area contributed by atoms with Crippen molar-refractivity contribution in [3.8, 4) is 11.4 Å². The monoisotopic (exact) mass is 560 g/mol. The van der Waals surface area contributed by atoms with E-state index in [2.05, 4.69) is 20.5 Å². The lowest BCUT2D eigenvalue weighted by Gasteiger charge is -2.22. The number of amides is 1. The van der Waals surface area contributed by atoms with E-state index in [1.807, 2.05) is 19.1 Å². The smallest absolute Gasteiger partial charge is 0.413 e. The van der Waals surface area contributed by atoms with Crippen molar-refractivity contribution in [3.05, 3.63) is 72.4 Å². The van der Waals surface area contributed by atoms with E-state index in [1.165, 1.54) is 25.3 Å². The number of nitrogens with one attached hydrogen (secondary N) is 1. The van der Waals surface area contributed by atoms with Gasteiger partial charge in [0, 0.05) is 28.7 Å². The van der Waals surface area contributed by atoms with Crippen LogP contribution >= 0.6 is 0 Å². The van der Waals surface area contributed by atoms with Gasteiger partial charge in [0.2, 0.25) is 0 Å². The van der Waals surface area contributed by atoms with Gasteiger partial charge in [-0.2, -0.15) is 10.2 Å². The molecule has 1 N–H and O–H groups in total. The number of methoxy groups -OCH3 is 1. The highest BCUT2D eigenvalue weighted by Crippen LogP contribution is 2.35. The van der Waals surface area contributed by atoms with Crippen LogP contribution in [0.4, 0.5) is 15.0 Å². The molecule has 1 atom stereocenters. The summed E-state index contributed by atoms with van der Waals surface area (Å²) in [4.78, 5) is 29.2. The highest BCUT2D eigenvalue weighted by molar-refractivity contribution is 5.90. The summed E-state index contributed by atoms with van der Waals surface area (Å²) in [6.07, 6.45) is 3.77. The molecule has 2 aromatic carbocycles. The number of ether oxygens (including phenoxy) is 3. The molecule has 0 aliphatic heterocycles. The molecule has 5 rings (SSSR count). The second-order valence-corrected chi connectivity index (χ2v) is 10.4. The lowest BCUT2D eigenvalue weighted by atomic mass is 10.1. The molecule has 1 amide bonds. The molecule has 0 bridgehead atoms. The van der Waals surface area contributed by atoms with Crippen molar-refractivity contribution in [1.29, 1.82) is 0 Å². The maximum absolute atomic E-state index is 14.1. The Kier molecular flexibility index (Phi) is 7.31. The number of anilines is 1. The molecule has 212 valence electrons. The summed E-state index contributed by atoms with van der Waals surface area (Å²) in [7, 11) is 1.32. The zero-order chi connectivity index (χ0) is 29.3. The summed E-state index contributed by atoms with van der Waals surface area (Å²) < 4.78 is 33.9. The van der Waals surface area contributed by atoms with Crippen LogP contribution in [-0.2, 0) is 20.8 Å². The van der Waals surface area contributed by atoms with Crippen LogP contribution < -0.4 is 10.1 Å². The van der Waals surface area contributed by atoms with Crippen molar-refractivity contribution >= 4 is 39.7 Å². The molecule has 0 saturated carbocycles. The number of rotatable bonds is 7. The lowest BCUT2D eigenvalue weighted by Crippen LogP contribution is -2.27. The minimum Gasteiger partial charge on any atom is -0.482 e. The number of carbonyl (C=O) groups is 2. The first-order chi connectivity index (χ1) is 19.5. The molecule has 0 spiro atoms. The standard InChI is InChI=1S/C29H29FN6O5/c1-17(21-14-23-19(12-24(21)35-10-6-9-31-35)15-32-36(23)16-26(37)39-5)40-25-13-18-11-20(30)7-8-22(18)33-27(25)34-28(38)41-29(2,3)4/h6-15,17H,16H2,1-5H3,(H,33,34,38)/t17-/m0/s1. The molecule has 41 heavy (non-hydrogen) atoms. The number of hydrogen-bond acceptors (Lipinski definition) is 8. The summed E-state index contributed by atoms with van der Waals surface area (Å²) in [5.74, 6) is -0.556. The number of fused-ring (bicyclic) bond motifs is 2. The Balaban J connectivity index is 1.58. The quantitative estimate of drug-likeness (QED) is 0.256. The van der Waals surface area contributed by atoms with Crippen LogP contribution in [0.2, 0.25) is 0 Å². The Morgan fingerprint density at radius 1 is 1.10 bits per heavy atom. The predicted molar refractivity (Wildman–Crippen MR) is 149 cm³/mol. The molecule has 0 saturated heterocycles. The topological polar surface area (TPSA) is 122 Å². The van der Waals surface area contributed by atoms with Gasteiger partial charge in [-0.05, 0) is 70.2 Å². The van der Waals surface area contributed by atoms with Crippen LogP contribution in [0.15, 0.2) is 61.1 Å². The summed E-state index contributed by atoms with van der Waals surface area (Å²) in [6, 6.07) is 11.3. The van der Waals surface area contributed by atoms with E-state index in [1.54, 1.807) is 60.9 Å². The Hall–Kier alpha value is -5.00. The number of aromatic nitrogens is 5. The van der Waals surface area contributed by atoms with Crippen molar-refractivity contribution in [2.75, 3.05) is 12.4 Å². The first-order valence-electron chi connectivity index (χ1n) is 12.8. The van der Waals surface area contributed by atoms with Crippen molar-refractivity contribution in [2.45, 2.75) is 45.9 Å². The first-order valence-corrected chi connectivity index (χ1v) is 12.8. The number of hydrogen-bond donors (Lipinski definition) is 1. The Bertz CT molecular complexity index is 1740. The normalized spacial score (nSPS) is 12.3. The van der Waals surface area contributed by atoms with Gasteiger partial charge >= 0.3 is 12.1 Å². The van der Waals surface area contributed by atoms with Crippen LogP contribution in [0.1, 0.15) is 39.4 Å². The number of carbonyl (C=O) groups excluding carboxylic acids is 2. The number of esters is 1. The van der Waals surface area contributed by atoms with Gasteiger partial charge in [0.15, 0.2) is 11.6 Å². The van der Waals surface area contributed by atoms with Crippen molar-refractivity contribution < 1.29 is 28.2 Å². The molecule has 11 nitrogen and oxygen atoms in total. The first kappa shape index (κ1) is 27.6. The molecule has 3 aromatic heterocycles. The van der Waals surface area contributed by atoms with Crippen molar-refractivity contribution in [3.63, 3.8) is 0 Å². The summed E-state index contributed by atoms with van der Waals surface area (Å²) in [5, 5.41) is 12.7. The molecule has 0 aliphatic rings. The van der Waals surface area contributed by atoms with Gasteiger partial charge in [-0.3, -0.25) is 14.8 Å². The molecule has 5 aromatic rings. The zero-order valence-corrected chi connectivity index (χ0v) is 23.2. The SMILES string of the molecule is COC(=O)Cn1ncc2cc(-n3cccn3)c([C@H](C)Oc3cc4cc(F)ccc4nc3NC(=O)OC(C)(C)C)cc21. The van der Waals surface area contributed by atoms with Gasteiger partial charge in [-0.25, -0.2) is 18.9 Å². The Morgan fingerprint density at radius 3 is 2.61 bits per heavy atom. The average Bonchev–Trinajstić information content (AvgIpc) is 3.57. The summed E-state index contributed by atoms with van der Waals surface area (Å²) in [5.41, 5.74) is 1.83. The number of pyridine rings is 1. The van der Waals surface area contributed by atoms with E-state index < -0.39 is 29.6 Å². The van der Waals surface area contributed by atoms with Gasteiger partial charge in [0.05, 0.1) is 30.0 Å². The number of halogens is 1. The molecular weight excluding hydrogens is 531 g/mol. The predicted octanol–water partition coefficient (Wildman–Crippen LogP) is 5.57. The van der Waals surface area contributed by atoms with Gasteiger partial charge in [0.25, 0.3) is 0 Å². The molecule has 0 aliphatic carbocycles. The third-order valence-corrected chi connectivity index (χ3v) is 6.15. The highest BCUT2D eigenvalue weighted by atomic mass is 19.1. The van der Waals surface area contributed by atoms with Crippen LogP contribution in [0, 0.1) is 5.82 Å². The van der Waals surface area contributed by atoms with E-state index >= 15 is 0 Å². The Labute approximate surface area is 234 Å². The van der Waals surface area contributed by atoms with E-state index in [-0.39, 0.29) is 18.1 Å². The Morgan fingerprint density at radius 2 is 1.90 bits per heavy atom. The van der Waals surface area contributed by atoms with Crippen molar-refractivity contribution in [1.82, 2.24) is 24.5 Å². The minimum atomic E-state index is -0.737.